The number of hydrogen-bond acceptors (Lipinski definition) is 3. The maximum atomic E-state index is 13.0. The van der Waals surface area contributed by atoms with Crippen molar-refractivity contribution in [3.63, 3.8) is 0 Å². The Morgan fingerprint density at radius 1 is 1.15 bits per heavy atom. The van der Waals surface area contributed by atoms with Gasteiger partial charge in [-0.3, -0.25) is 4.98 Å². The van der Waals surface area contributed by atoms with Crippen LogP contribution in [0.25, 0.3) is 0 Å². The molecule has 1 aromatic carbocycles. The molecular weight excluding hydrogens is 328 g/mol. The van der Waals surface area contributed by atoms with Crippen LogP contribution in [0.3, 0.4) is 0 Å². The first-order chi connectivity index (χ1) is 12.8. The molecule has 3 heterocycles. The summed E-state index contributed by atoms with van der Waals surface area (Å²) < 4.78 is 7.35. The van der Waals surface area contributed by atoms with Gasteiger partial charge >= 0.3 is 6.03 Å². The highest BCUT2D eigenvalue weighted by molar-refractivity contribution is 5.90. The lowest BCUT2D eigenvalue weighted by atomic mass is 10.0. The van der Waals surface area contributed by atoms with Crippen molar-refractivity contribution in [3.05, 3.63) is 78.4 Å². The Labute approximate surface area is 152 Å². The van der Waals surface area contributed by atoms with E-state index in [0.29, 0.717) is 6.54 Å². The van der Waals surface area contributed by atoms with Gasteiger partial charge in [0.1, 0.15) is 11.8 Å². The molecule has 1 N–H and O–H groups in total. The number of pyridine rings is 1. The van der Waals surface area contributed by atoms with Gasteiger partial charge in [0, 0.05) is 43.1 Å². The number of hydrogen-bond donors (Lipinski definition) is 1. The van der Waals surface area contributed by atoms with Crippen molar-refractivity contribution >= 4 is 11.7 Å². The van der Waals surface area contributed by atoms with Gasteiger partial charge in [0.15, 0.2) is 0 Å². The van der Waals surface area contributed by atoms with Crippen LogP contribution in [0.2, 0.25) is 0 Å². The second-order valence-electron chi connectivity index (χ2n) is 6.17. The van der Waals surface area contributed by atoms with Crippen molar-refractivity contribution in [2.24, 2.45) is 0 Å². The monoisotopic (exact) mass is 348 g/mol. The van der Waals surface area contributed by atoms with Crippen LogP contribution in [0.5, 0.6) is 5.75 Å². The van der Waals surface area contributed by atoms with Gasteiger partial charge in [-0.1, -0.05) is 6.07 Å². The molecule has 2 amide bonds. The minimum Gasteiger partial charge on any atom is -0.497 e. The summed E-state index contributed by atoms with van der Waals surface area (Å²) in [4.78, 5) is 19.1. The predicted octanol–water partition coefficient (Wildman–Crippen LogP) is 3.53. The smallest absolute Gasteiger partial charge is 0.322 e. The molecule has 4 rings (SSSR count). The number of urea groups is 1. The van der Waals surface area contributed by atoms with Crippen LogP contribution in [0, 0.1) is 0 Å². The molecule has 3 aromatic rings. The van der Waals surface area contributed by atoms with E-state index >= 15 is 0 Å². The first-order valence-corrected chi connectivity index (χ1v) is 8.53. The number of benzene rings is 1. The van der Waals surface area contributed by atoms with Gasteiger partial charge < -0.3 is 19.5 Å². The molecule has 0 unspecified atom stereocenters. The number of aromatic nitrogens is 2. The number of fused-ring (bicyclic) bond motifs is 1. The Morgan fingerprint density at radius 2 is 2.00 bits per heavy atom. The van der Waals surface area contributed by atoms with E-state index in [4.69, 9.17) is 4.74 Å². The summed E-state index contributed by atoms with van der Waals surface area (Å²) in [5.74, 6) is 0.757. The van der Waals surface area contributed by atoms with Crippen molar-refractivity contribution in [3.8, 4) is 5.75 Å². The molecule has 0 saturated carbocycles. The maximum absolute atomic E-state index is 13.0. The first-order valence-electron chi connectivity index (χ1n) is 8.53. The summed E-state index contributed by atoms with van der Waals surface area (Å²) in [6.45, 7) is 1.40. The number of carbonyl (C=O) groups excluding carboxylic acids is 1. The SMILES string of the molecule is COc1ccc(NC(=O)N2CCn3cccc3[C@H]2c2cccnc2)cc1. The van der Waals surface area contributed by atoms with Gasteiger partial charge in [-0.25, -0.2) is 4.79 Å². The molecule has 0 radical (unpaired) electrons. The lowest BCUT2D eigenvalue weighted by Crippen LogP contribution is -2.44. The lowest BCUT2D eigenvalue weighted by Gasteiger charge is -2.37. The number of ether oxygens (including phenoxy) is 1. The molecular formula is C20H20N4O2. The summed E-state index contributed by atoms with van der Waals surface area (Å²) in [5.41, 5.74) is 2.83. The minimum absolute atomic E-state index is 0.128. The van der Waals surface area contributed by atoms with Crippen LogP contribution in [-0.4, -0.2) is 34.1 Å². The number of rotatable bonds is 3. The topological polar surface area (TPSA) is 59.4 Å². The fourth-order valence-electron chi connectivity index (χ4n) is 3.36. The fraction of sp³-hybridized carbons (Fsp3) is 0.200. The second kappa shape index (κ2) is 6.92. The number of anilines is 1. The molecule has 1 atom stereocenters. The van der Waals surface area contributed by atoms with Crippen molar-refractivity contribution in [1.82, 2.24) is 14.5 Å². The molecule has 1 aliphatic rings. The number of nitrogens with zero attached hydrogens (tertiary/aromatic N) is 3. The van der Waals surface area contributed by atoms with Gasteiger partial charge in [-0.05, 0) is 48.0 Å². The highest BCUT2D eigenvalue weighted by Gasteiger charge is 2.32. The van der Waals surface area contributed by atoms with Crippen LogP contribution in [0.4, 0.5) is 10.5 Å². The molecule has 6 nitrogen and oxygen atoms in total. The van der Waals surface area contributed by atoms with E-state index in [0.717, 1.165) is 29.2 Å². The van der Waals surface area contributed by atoms with E-state index in [-0.39, 0.29) is 12.1 Å². The van der Waals surface area contributed by atoms with Gasteiger partial charge in [0.25, 0.3) is 0 Å². The number of carbonyl (C=O) groups is 1. The van der Waals surface area contributed by atoms with E-state index in [1.807, 2.05) is 53.6 Å². The van der Waals surface area contributed by atoms with Gasteiger partial charge in [0.2, 0.25) is 0 Å². The van der Waals surface area contributed by atoms with E-state index < -0.39 is 0 Å². The van der Waals surface area contributed by atoms with Gasteiger partial charge in [-0.15, -0.1) is 0 Å². The van der Waals surface area contributed by atoms with Crippen LogP contribution in [0.15, 0.2) is 67.1 Å². The average molecular weight is 348 g/mol. The minimum atomic E-state index is -0.161. The summed E-state index contributed by atoms with van der Waals surface area (Å²) in [6, 6.07) is 15.0. The van der Waals surface area contributed by atoms with Crippen LogP contribution < -0.4 is 10.1 Å². The largest absolute Gasteiger partial charge is 0.497 e. The van der Waals surface area contributed by atoms with Crippen molar-refractivity contribution < 1.29 is 9.53 Å². The van der Waals surface area contributed by atoms with Gasteiger partial charge in [-0.2, -0.15) is 0 Å². The van der Waals surface area contributed by atoms with Crippen molar-refractivity contribution in [1.29, 1.82) is 0 Å². The third-order valence-corrected chi connectivity index (χ3v) is 4.64. The normalized spacial score (nSPS) is 16.0. The molecule has 26 heavy (non-hydrogen) atoms. The van der Waals surface area contributed by atoms with Crippen molar-refractivity contribution in [2.45, 2.75) is 12.6 Å². The van der Waals surface area contributed by atoms with Crippen LogP contribution >= 0.6 is 0 Å². The third-order valence-electron chi connectivity index (χ3n) is 4.64. The summed E-state index contributed by atoms with van der Waals surface area (Å²) in [7, 11) is 1.62. The fourth-order valence-corrected chi connectivity index (χ4v) is 3.36. The maximum Gasteiger partial charge on any atom is 0.322 e. The molecule has 0 spiro atoms. The van der Waals surface area contributed by atoms with Crippen LogP contribution in [0.1, 0.15) is 17.3 Å². The summed E-state index contributed by atoms with van der Waals surface area (Å²) in [6.07, 6.45) is 5.62. The molecule has 1 aliphatic heterocycles. The lowest BCUT2D eigenvalue weighted by molar-refractivity contribution is 0.181. The second-order valence-corrected chi connectivity index (χ2v) is 6.17. The zero-order chi connectivity index (χ0) is 17.9. The Hall–Kier alpha value is -3.28. The Bertz CT molecular complexity index is 890. The molecule has 6 heteroatoms. The Kier molecular flexibility index (Phi) is 4.31. The molecule has 132 valence electrons. The highest BCUT2D eigenvalue weighted by Crippen LogP contribution is 2.32. The number of amides is 2. The molecule has 0 aliphatic carbocycles. The summed E-state index contributed by atoms with van der Waals surface area (Å²) in [5, 5.41) is 2.99. The van der Waals surface area contributed by atoms with E-state index in [9.17, 15) is 4.79 Å². The third kappa shape index (κ3) is 3.01. The first kappa shape index (κ1) is 16.2. The van der Waals surface area contributed by atoms with Crippen molar-refractivity contribution in [2.75, 3.05) is 19.0 Å². The Morgan fingerprint density at radius 3 is 2.73 bits per heavy atom. The standard InChI is InChI=1S/C20H20N4O2/c1-26-17-8-6-16(7-9-17)22-20(25)24-13-12-23-11-3-5-18(23)19(24)15-4-2-10-21-14-15/h2-11,14,19H,12-13H2,1H3,(H,22,25)/t19-/m1/s1. The quantitative estimate of drug-likeness (QED) is 0.788. The van der Waals surface area contributed by atoms with E-state index in [2.05, 4.69) is 27.1 Å². The predicted molar refractivity (Wildman–Crippen MR) is 99.2 cm³/mol. The average Bonchev–Trinajstić information content (AvgIpc) is 3.17. The molecule has 0 bridgehead atoms. The number of methoxy groups -OCH3 is 1. The van der Waals surface area contributed by atoms with Crippen LogP contribution in [-0.2, 0) is 6.54 Å². The highest BCUT2D eigenvalue weighted by atomic mass is 16.5. The molecule has 0 fully saturated rings. The van der Waals surface area contributed by atoms with E-state index in [1.54, 1.807) is 13.3 Å². The Balaban J connectivity index is 1.62. The zero-order valence-electron chi connectivity index (χ0n) is 14.5. The van der Waals surface area contributed by atoms with Gasteiger partial charge in [0.05, 0.1) is 7.11 Å². The molecule has 2 aromatic heterocycles. The molecule has 0 saturated heterocycles. The van der Waals surface area contributed by atoms with E-state index in [1.165, 1.54) is 0 Å². The number of nitrogens with one attached hydrogen (secondary N) is 1. The zero-order valence-corrected chi connectivity index (χ0v) is 14.5. The summed E-state index contributed by atoms with van der Waals surface area (Å²) >= 11 is 0.